The molecule has 1 amide bonds. The molecular formula is C20H18FN3OS. The van der Waals surface area contributed by atoms with Gasteiger partial charge in [0, 0.05) is 22.4 Å². The Morgan fingerprint density at radius 3 is 2.50 bits per heavy atom. The number of nitrogens with one attached hydrogen (secondary N) is 1. The van der Waals surface area contributed by atoms with Crippen molar-refractivity contribution in [3.05, 3.63) is 54.3 Å². The van der Waals surface area contributed by atoms with Gasteiger partial charge in [0.25, 0.3) is 0 Å². The molecule has 1 heterocycles. The molecule has 1 atom stereocenters. The number of carbonyl (C=O) groups excluding carboxylic acids is 1. The van der Waals surface area contributed by atoms with E-state index in [1.165, 1.54) is 23.9 Å². The Hall–Kier alpha value is -2.47. The molecule has 2 aromatic carbocycles. The monoisotopic (exact) mass is 367 g/mol. The smallest absolute Gasteiger partial charge is 0.233 e. The van der Waals surface area contributed by atoms with E-state index >= 15 is 0 Å². The minimum Gasteiger partial charge on any atom is -0.352 e. The lowest BCUT2D eigenvalue weighted by molar-refractivity contribution is -0.120. The second kappa shape index (κ2) is 7.03. The summed E-state index contributed by atoms with van der Waals surface area (Å²) < 4.78 is 13.2. The number of hydrogen-bond acceptors (Lipinski definition) is 4. The van der Waals surface area contributed by atoms with Gasteiger partial charge in [-0.1, -0.05) is 36.0 Å². The predicted molar refractivity (Wildman–Crippen MR) is 101 cm³/mol. The summed E-state index contributed by atoms with van der Waals surface area (Å²) in [6, 6.07) is 14.4. The lowest BCUT2D eigenvalue weighted by atomic mass is 10.1. The highest BCUT2D eigenvalue weighted by molar-refractivity contribution is 8.00. The van der Waals surface area contributed by atoms with Gasteiger partial charge in [0.1, 0.15) is 16.5 Å². The van der Waals surface area contributed by atoms with Crippen LogP contribution in [0.1, 0.15) is 19.8 Å². The van der Waals surface area contributed by atoms with E-state index in [0.717, 1.165) is 34.2 Å². The molecule has 132 valence electrons. The SMILES string of the molecule is C[C@@H](Sc1nnc(-c2ccc(F)cc2)c2ccccc12)C(=O)NC1CC1. The highest BCUT2D eigenvalue weighted by Gasteiger charge is 2.26. The Morgan fingerprint density at radius 1 is 1.12 bits per heavy atom. The number of amides is 1. The summed E-state index contributed by atoms with van der Waals surface area (Å²) in [5.41, 5.74) is 1.52. The van der Waals surface area contributed by atoms with E-state index in [0.29, 0.717) is 11.7 Å². The molecule has 1 aromatic heterocycles. The Morgan fingerprint density at radius 2 is 1.81 bits per heavy atom. The summed E-state index contributed by atoms with van der Waals surface area (Å²) in [7, 11) is 0. The summed E-state index contributed by atoms with van der Waals surface area (Å²) >= 11 is 1.41. The zero-order chi connectivity index (χ0) is 18.1. The predicted octanol–water partition coefficient (Wildman–Crippen LogP) is 4.20. The number of fused-ring (bicyclic) bond motifs is 1. The maximum absolute atomic E-state index is 13.2. The zero-order valence-electron chi connectivity index (χ0n) is 14.3. The van der Waals surface area contributed by atoms with Gasteiger partial charge in [0.15, 0.2) is 0 Å². The molecule has 4 rings (SSSR count). The molecule has 26 heavy (non-hydrogen) atoms. The van der Waals surface area contributed by atoms with Crippen LogP contribution in [0.15, 0.2) is 53.6 Å². The van der Waals surface area contributed by atoms with Crippen LogP contribution in [0.3, 0.4) is 0 Å². The third kappa shape index (κ3) is 3.55. The average Bonchev–Trinajstić information content (AvgIpc) is 3.47. The second-order valence-electron chi connectivity index (χ2n) is 6.45. The highest BCUT2D eigenvalue weighted by atomic mass is 32.2. The van der Waals surface area contributed by atoms with Gasteiger partial charge in [0.2, 0.25) is 5.91 Å². The molecule has 0 unspecified atom stereocenters. The number of hydrogen-bond donors (Lipinski definition) is 1. The van der Waals surface area contributed by atoms with Crippen LogP contribution in [-0.4, -0.2) is 27.4 Å². The van der Waals surface area contributed by atoms with Crippen LogP contribution in [-0.2, 0) is 4.79 Å². The molecule has 3 aromatic rings. The van der Waals surface area contributed by atoms with Gasteiger partial charge in [-0.3, -0.25) is 4.79 Å². The minimum atomic E-state index is -0.284. The number of benzene rings is 2. The normalized spacial score (nSPS) is 15.0. The van der Waals surface area contributed by atoms with Gasteiger partial charge in [-0.25, -0.2) is 4.39 Å². The summed E-state index contributed by atoms with van der Waals surface area (Å²) in [6.45, 7) is 1.88. The van der Waals surface area contributed by atoms with Crippen LogP contribution in [0.25, 0.3) is 22.0 Å². The Bertz CT molecular complexity index is 957. The van der Waals surface area contributed by atoms with Crippen LogP contribution in [0.2, 0.25) is 0 Å². The Balaban J connectivity index is 1.67. The van der Waals surface area contributed by atoms with Gasteiger partial charge < -0.3 is 5.32 Å². The van der Waals surface area contributed by atoms with Gasteiger partial charge in [-0.05, 0) is 44.0 Å². The fourth-order valence-electron chi connectivity index (χ4n) is 2.75. The number of thioether (sulfide) groups is 1. The first-order valence-corrected chi connectivity index (χ1v) is 9.48. The molecule has 1 fully saturated rings. The fourth-order valence-corrected chi connectivity index (χ4v) is 3.66. The molecule has 4 nitrogen and oxygen atoms in total. The number of halogens is 1. The largest absolute Gasteiger partial charge is 0.352 e. The van der Waals surface area contributed by atoms with Crippen molar-refractivity contribution in [1.29, 1.82) is 0 Å². The van der Waals surface area contributed by atoms with E-state index in [9.17, 15) is 9.18 Å². The van der Waals surface area contributed by atoms with E-state index in [4.69, 9.17) is 0 Å². The minimum absolute atomic E-state index is 0.0333. The third-order valence-electron chi connectivity index (χ3n) is 4.35. The maximum Gasteiger partial charge on any atom is 0.233 e. The lowest BCUT2D eigenvalue weighted by Crippen LogP contribution is -2.32. The first kappa shape index (κ1) is 17.0. The maximum atomic E-state index is 13.2. The Kier molecular flexibility index (Phi) is 4.59. The molecule has 1 saturated carbocycles. The van der Waals surface area contributed by atoms with Crippen molar-refractivity contribution < 1.29 is 9.18 Å². The lowest BCUT2D eigenvalue weighted by Gasteiger charge is -2.13. The molecular weight excluding hydrogens is 349 g/mol. The van der Waals surface area contributed by atoms with Crippen LogP contribution >= 0.6 is 11.8 Å². The topological polar surface area (TPSA) is 54.9 Å². The fraction of sp³-hybridized carbons (Fsp3) is 0.250. The van der Waals surface area contributed by atoms with Crippen molar-refractivity contribution in [3.8, 4) is 11.3 Å². The molecule has 0 radical (unpaired) electrons. The number of carbonyl (C=O) groups is 1. The van der Waals surface area contributed by atoms with Gasteiger partial charge >= 0.3 is 0 Å². The van der Waals surface area contributed by atoms with E-state index in [2.05, 4.69) is 15.5 Å². The molecule has 1 N–H and O–H groups in total. The van der Waals surface area contributed by atoms with Crippen LogP contribution in [0, 0.1) is 5.82 Å². The van der Waals surface area contributed by atoms with Crippen LogP contribution in [0.5, 0.6) is 0 Å². The molecule has 0 saturated heterocycles. The first-order valence-electron chi connectivity index (χ1n) is 8.60. The van der Waals surface area contributed by atoms with Crippen molar-refractivity contribution in [2.45, 2.75) is 36.1 Å². The molecule has 0 spiro atoms. The summed E-state index contributed by atoms with van der Waals surface area (Å²) in [5.74, 6) is -0.250. The third-order valence-corrected chi connectivity index (χ3v) is 5.44. The van der Waals surface area contributed by atoms with Crippen molar-refractivity contribution >= 4 is 28.4 Å². The van der Waals surface area contributed by atoms with E-state index in [1.807, 2.05) is 31.2 Å². The standard InChI is InChI=1S/C20H18FN3OS/c1-12(19(25)22-15-10-11-15)26-20-17-5-3-2-4-16(17)18(23-24-20)13-6-8-14(21)9-7-13/h2-9,12,15H,10-11H2,1H3,(H,22,25)/t12-/m1/s1. The van der Waals surface area contributed by atoms with Crippen molar-refractivity contribution in [1.82, 2.24) is 15.5 Å². The second-order valence-corrected chi connectivity index (χ2v) is 7.78. The summed E-state index contributed by atoms with van der Waals surface area (Å²) in [4.78, 5) is 12.2. The zero-order valence-corrected chi connectivity index (χ0v) is 15.1. The first-order chi connectivity index (χ1) is 12.6. The molecule has 0 aliphatic heterocycles. The highest BCUT2D eigenvalue weighted by Crippen LogP contribution is 2.33. The Labute approximate surface area is 155 Å². The van der Waals surface area contributed by atoms with Crippen LogP contribution in [0.4, 0.5) is 4.39 Å². The summed E-state index contributed by atoms with van der Waals surface area (Å²) in [6.07, 6.45) is 2.14. The number of aromatic nitrogens is 2. The summed E-state index contributed by atoms with van der Waals surface area (Å²) in [5, 5.41) is 14.1. The van der Waals surface area contributed by atoms with E-state index in [1.54, 1.807) is 12.1 Å². The molecule has 0 bridgehead atoms. The van der Waals surface area contributed by atoms with E-state index < -0.39 is 0 Å². The molecule has 1 aliphatic carbocycles. The van der Waals surface area contributed by atoms with Gasteiger partial charge in [-0.15, -0.1) is 10.2 Å². The quantitative estimate of drug-likeness (QED) is 0.687. The van der Waals surface area contributed by atoms with Gasteiger partial charge in [-0.2, -0.15) is 0 Å². The molecule has 6 heteroatoms. The number of rotatable bonds is 5. The van der Waals surface area contributed by atoms with Gasteiger partial charge in [0.05, 0.1) is 5.25 Å². The average molecular weight is 367 g/mol. The number of nitrogens with zero attached hydrogens (tertiary/aromatic N) is 2. The van der Waals surface area contributed by atoms with Crippen molar-refractivity contribution in [2.24, 2.45) is 0 Å². The van der Waals surface area contributed by atoms with Crippen molar-refractivity contribution in [3.63, 3.8) is 0 Å². The van der Waals surface area contributed by atoms with Crippen LogP contribution < -0.4 is 5.32 Å². The molecule has 1 aliphatic rings. The van der Waals surface area contributed by atoms with E-state index in [-0.39, 0.29) is 17.0 Å². The van der Waals surface area contributed by atoms with Crippen molar-refractivity contribution in [2.75, 3.05) is 0 Å².